The van der Waals surface area contributed by atoms with Gasteiger partial charge in [0.25, 0.3) is 0 Å². The number of carbonyl (C=O) groups is 1. The van der Waals surface area contributed by atoms with Gasteiger partial charge in [0.05, 0.1) is 17.9 Å². The number of halogens is 5. The molecule has 1 aromatic rings. The Kier molecular flexibility index (Phi) is 3.68. The maximum Gasteiger partial charge on any atom is 0.427 e. The Balaban J connectivity index is 2.30. The minimum atomic E-state index is -5.11. The highest BCUT2D eigenvalue weighted by atomic mass is 19.4. The van der Waals surface area contributed by atoms with Gasteiger partial charge < -0.3 is 15.7 Å². The Hall–Kier alpha value is -2.34. The lowest BCUT2D eigenvalue weighted by molar-refractivity contribution is -0.178. The van der Waals surface area contributed by atoms with Crippen molar-refractivity contribution in [2.24, 2.45) is 5.92 Å². The van der Waals surface area contributed by atoms with E-state index in [1.54, 1.807) is 5.32 Å². The quantitative estimate of drug-likeness (QED) is 0.541. The van der Waals surface area contributed by atoms with E-state index in [9.17, 15) is 26.7 Å². The zero-order valence-electron chi connectivity index (χ0n) is 12.0. The van der Waals surface area contributed by atoms with Crippen molar-refractivity contribution in [1.82, 2.24) is 5.32 Å². The summed E-state index contributed by atoms with van der Waals surface area (Å²) in [5, 5.41) is 12.5. The zero-order valence-corrected chi connectivity index (χ0v) is 12.0. The number of hydrogen-bond donors (Lipinski definition) is 3. The van der Waals surface area contributed by atoms with Crippen molar-refractivity contribution in [1.29, 1.82) is 0 Å². The highest BCUT2D eigenvalue weighted by molar-refractivity contribution is 5.95. The van der Waals surface area contributed by atoms with Gasteiger partial charge in [-0.05, 0) is 18.9 Å². The van der Waals surface area contributed by atoms with Crippen LogP contribution < -0.4 is 10.6 Å². The minimum Gasteiger partial charge on any atom is -0.391 e. The van der Waals surface area contributed by atoms with Crippen molar-refractivity contribution in [3.8, 4) is 11.8 Å². The molecule has 0 aromatic heterocycles. The van der Waals surface area contributed by atoms with Crippen LogP contribution in [0.25, 0.3) is 0 Å². The molecule has 1 atom stereocenters. The average Bonchev–Trinajstić information content (AvgIpc) is 3.29. The number of fused-ring (bicyclic) bond motifs is 1. The first-order valence-electron chi connectivity index (χ1n) is 7.00. The Morgan fingerprint density at radius 2 is 2.00 bits per heavy atom. The van der Waals surface area contributed by atoms with Crippen LogP contribution in [0.3, 0.4) is 0 Å². The van der Waals surface area contributed by atoms with E-state index in [0.29, 0.717) is 18.9 Å². The lowest BCUT2D eigenvalue weighted by Crippen LogP contribution is -2.59. The van der Waals surface area contributed by atoms with Crippen LogP contribution in [0, 0.1) is 29.4 Å². The predicted molar refractivity (Wildman–Crippen MR) is 72.7 cm³/mol. The summed E-state index contributed by atoms with van der Waals surface area (Å²) in [6, 6.07) is -0.884. The van der Waals surface area contributed by atoms with Crippen molar-refractivity contribution in [2.75, 3.05) is 5.32 Å². The molecule has 0 saturated heterocycles. The summed E-state index contributed by atoms with van der Waals surface area (Å²) in [5.74, 6) is 1.33. The lowest BCUT2D eigenvalue weighted by atomic mass is 9.85. The number of amides is 2. The molecule has 128 valence electrons. The van der Waals surface area contributed by atoms with Gasteiger partial charge in [0, 0.05) is 11.5 Å². The molecule has 1 fully saturated rings. The van der Waals surface area contributed by atoms with E-state index in [1.807, 2.05) is 11.2 Å². The summed E-state index contributed by atoms with van der Waals surface area (Å²) in [4.78, 5) is 11.7. The van der Waals surface area contributed by atoms with Crippen LogP contribution in [0.4, 0.5) is 32.4 Å². The Labute approximate surface area is 133 Å². The largest absolute Gasteiger partial charge is 0.427 e. The van der Waals surface area contributed by atoms with Gasteiger partial charge in [-0.1, -0.05) is 11.8 Å². The van der Waals surface area contributed by atoms with E-state index in [0.717, 1.165) is 0 Å². The number of anilines is 1. The molecule has 3 N–H and O–H groups in total. The number of alkyl halides is 3. The first kappa shape index (κ1) is 16.5. The van der Waals surface area contributed by atoms with Crippen LogP contribution in [0.1, 0.15) is 24.0 Å². The molecule has 0 spiro atoms. The molecule has 1 heterocycles. The van der Waals surface area contributed by atoms with Gasteiger partial charge in [-0.15, -0.1) is 0 Å². The zero-order chi connectivity index (χ0) is 17.7. The minimum absolute atomic E-state index is 0.231. The second-order valence-electron chi connectivity index (χ2n) is 5.60. The molecule has 1 aliphatic heterocycles. The fraction of sp³-hybridized carbons (Fsp3) is 0.400. The lowest BCUT2D eigenvalue weighted by Gasteiger charge is -2.37. The first-order valence-corrected chi connectivity index (χ1v) is 7.00. The molecule has 0 bridgehead atoms. The number of carbonyl (C=O) groups excluding carboxylic acids is 1. The molecule has 0 radical (unpaired) electrons. The summed E-state index contributed by atoms with van der Waals surface area (Å²) in [5.41, 5.74) is -5.77. The number of aliphatic hydroxyl groups excluding tert-OH is 1. The Morgan fingerprint density at radius 1 is 1.33 bits per heavy atom. The number of aliphatic hydroxyl groups is 1. The van der Waals surface area contributed by atoms with Crippen LogP contribution in [0.15, 0.2) is 6.07 Å². The number of nitrogens with one attached hydrogen (secondary N) is 2. The topological polar surface area (TPSA) is 61.4 Å². The summed E-state index contributed by atoms with van der Waals surface area (Å²) in [7, 11) is 0. The molecule has 24 heavy (non-hydrogen) atoms. The number of urea groups is 1. The van der Waals surface area contributed by atoms with Crippen molar-refractivity contribution in [3.05, 3.63) is 28.8 Å². The highest BCUT2D eigenvalue weighted by Gasteiger charge is 2.60. The van der Waals surface area contributed by atoms with Gasteiger partial charge in [0.1, 0.15) is 5.82 Å². The van der Waals surface area contributed by atoms with Gasteiger partial charge in [-0.2, -0.15) is 13.2 Å². The molecular weight excluding hydrogens is 335 g/mol. The fourth-order valence-corrected chi connectivity index (χ4v) is 2.44. The maximum atomic E-state index is 14.3. The van der Waals surface area contributed by atoms with Gasteiger partial charge in [0.15, 0.2) is 5.82 Å². The first-order chi connectivity index (χ1) is 11.2. The molecule has 2 aliphatic rings. The van der Waals surface area contributed by atoms with Crippen LogP contribution >= 0.6 is 0 Å². The molecule has 9 heteroatoms. The second-order valence-corrected chi connectivity index (χ2v) is 5.60. The molecule has 1 aromatic carbocycles. The van der Waals surface area contributed by atoms with E-state index in [-0.39, 0.29) is 5.92 Å². The molecule has 0 unspecified atom stereocenters. The third-order valence-electron chi connectivity index (χ3n) is 3.88. The van der Waals surface area contributed by atoms with E-state index < -0.39 is 52.8 Å². The average molecular weight is 346 g/mol. The summed E-state index contributed by atoms with van der Waals surface area (Å²) in [6.45, 7) is -1.07. The molecular formula is C15H11F5N2O2. The van der Waals surface area contributed by atoms with Crippen molar-refractivity contribution in [2.45, 2.75) is 31.2 Å². The maximum absolute atomic E-state index is 14.3. The summed E-state index contributed by atoms with van der Waals surface area (Å²) >= 11 is 0. The van der Waals surface area contributed by atoms with Crippen LogP contribution in [-0.2, 0) is 12.1 Å². The Bertz CT molecular complexity index is 777. The summed E-state index contributed by atoms with van der Waals surface area (Å²) < 4.78 is 69.4. The third kappa shape index (κ3) is 2.47. The standard InChI is InChI=1S/C15H11F5N2O2/c16-10-5-9-12(11(17)8(10)6-23)21-13(24)22-14(9,15(18,19)20)4-3-7-1-2-7/h5,7,23H,1-2,6H2,(H2,21,22,24)/t14-/m0/s1. The van der Waals surface area contributed by atoms with Crippen molar-refractivity contribution in [3.63, 3.8) is 0 Å². The smallest absolute Gasteiger partial charge is 0.391 e. The monoisotopic (exact) mass is 346 g/mol. The van der Waals surface area contributed by atoms with E-state index in [4.69, 9.17) is 5.11 Å². The fourth-order valence-electron chi connectivity index (χ4n) is 2.44. The number of hydrogen-bond acceptors (Lipinski definition) is 2. The van der Waals surface area contributed by atoms with E-state index in [1.165, 1.54) is 0 Å². The number of benzene rings is 1. The summed E-state index contributed by atoms with van der Waals surface area (Å²) in [6.07, 6.45) is -3.85. The molecule has 3 rings (SSSR count). The van der Waals surface area contributed by atoms with E-state index >= 15 is 0 Å². The molecule has 1 saturated carbocycles. The van der Waals surface area contributed by atoms with Gasteiger partial charge in [-0.25, -0.2) is 13.6 Å². The third-order valence-corrected chi connectivity index (χ3v) is 3.88. The molecule has 1 aliphatic carbocycles. The Morgan fingerprint density at radius 3 is 2.54 bits per heavy atom. The van der Waals surface area contributed by atoms with Gasteiger partial charge in [-0.3, -0.25) is 0 Å². The van der Waals surface area contributed by atoms with Gasteiger partial charge >= 0.3 is 12.2 Å². The predicted octanol–water partition coefficient (Wildman–Crippen LogP) is 2.76. The molecule has 4 nitrogen and oxygen atoms in total. The van der Waals surface area contributed by atoms with Crippen LogP contribution in [0.2, 0.25) is 0 Å². The second kappa shape index (κ2) is 5.34. The number of rotatable bonds is 1. The van der Waals surface area contributed by atoms with E-state index in [2.05, 4.69) is 5.92 Å². The molecule has 2 amide bonds. The van der Waals surface area contributed by atoms with Crippen LogP contribution in [-0.4, -0.2) is 17.3 Å². The van der Waals surface area contributed by atoms with Crippen molar-refractivity contribution < 1.29 is 31.9 Å². The highest BCUT2D eigenvalue weighted by Crippen LogP contribution is 2.46. The van der Waals surface area contributed by atoms with Gasteiger partial charge in [0.2, 0.25) is 5.54 Å². The normalized spacial score (nSPS) is 22.8. The van der Waals surface area contributed by atoms with Crippen LogP contribution in [0.5, 0.6) is 0 Å². The van der Waals surface area contributed by atoms with Crippen molar-refractivity contribution >= 4 is 11.7 Å². The SMILES string of the molecule is O=C1Nc2c(cc(F)c(CO)c2F)[C@@](C#CC2CC2)(C(F)(F)F)N1.